The highest BCUT2D eigenvalue weighted by Crippen LogP contribution is 2.17. The van der Waals surface area contributed by atoms with Crippen molar-refractivity contribution in [3.05, 3.63) is 35.4 Å². The second kappa shape index (κ2) is 7.53. The molecule has 0 bridgehead atoms. The molecule has 23 heavy (non-hydrogen) atoms. The van der Waals surface area contributed by atoms with Crippen LogP contribution in [0.15, 0.2) is 18.2 Å². The third-order valence-corrected chi connectivity index (χ3v) is 3.90. The maximum Gasteiger partial charge on any atom is 0.256 e. The van der Waals surface area contributed by atoms with Crippen molar-refractivity contribution in [1.82, 2.24) is 10.2 Å². The van der Waals surface area contributed by atoms with Crippen molar-refractivity contribution in [2.45, 2.75) is 39.2 Å². The molecule has 2 rings (SSSR count). The lowest BCUT2D eigenvalue weighted by atomic mass is 10.0. The van der Waals surface area contributed by atoms with E-state index in [1.54, 1.807) is 4.90 Å². The van der Waals surface area contributed by atoms with Crippen molar-refractivity contribution >= 4 is 11.8 Å². The Morgan fingerprint density at radius 1 is 1.26 bits per heavy atom. The molecular formula is C17H22F2N2O2. The minimum absolute atomic E-state index is 0.0226. The normalized spacial score (nSPS) is 15.8. The van der Waals surface area contributed by atoms with E-state index in [0.717, 1.165) is 6.07 Å². The molecule has 1 aliphatic heterocycles. The van der Waals surface area contributed by atoms with Crippen LogP contribution in [0.25, 0.3) is 0 Å². The topological polar surface area (TPSA) is 49.4 Å². The molecule has 1 aromatic rings. The van der Waals surface area contributed by atoms with Crippen LogP contribution in [0, 0.1) is 17.6 Å². The van der Waals surface area contributed by atoms with Gasteiger partial charge in [-0.05, 0) is 30.9 Å². The fourth-order valence-electron chi connectivity index (χ4n) is 2.72. The lowest BCUT2D eigenvalue weighted by Gasteiger charge is -2.32. The third-order valence-electron chi connectivity index (χ3n) is 3.90. The van der Waals surface area contributed by atoms with E-state index in [1.807, 2.05) is 13.8 Å². The molecule has 0 saturated carbocycles. The quantitative estimate of drug-likeness (QED) is 0.926. The van der Waals surface area contributed by atoms with Crippen LogP contribution >= 0.6 is 0 Å². The van der Waals surface area contributed by atoms with Crippen LogP contribution in [0.2, 0.25) is 0 Å². The van der Waals surface area contributed by atoms with Crippen LogP contribution in [0.1, 0.15) is 43.5 Å². The summed E-state index contributed by atoms with van der Waals surface area (Å²) in [4.78, 5) is 25.6. The van der Waals surface area contributed by atoms with Gasteiger partial charge in [-0.1, -0.05) is 13.8 Å². The van der Waals surface area contributed by atoms with Crippen LogP contribution in [-0.4, -0.2) is 35.8 Å². The van der Waals surface area contributed by atoms with Gasteiger partial charge in [-0.2, -0.15) is 0 Å². The predicted octanol–water partition coefficient (Wildman–Crippen LogP) is 2.73. The number of carbonyl (C=O) groups excluding carboxylic acids is 2. The Kier molecular flexibility index (Phi) is 5.69. The van der Waals surface area contributed by atoms with Gasteiger partial charge in [0, 0.05) is 31.6 Å². The number of carbonyl (C=O) groups is 2. The standard InChI is InChI=1S/C17H22F2N2O2/c1-11(2)9-16(22)20-13-5-7-21(8-6-13)17(23)14-4-3-12(18)10-15(14)19/h3-4,10-11,13H,5-9H2,1-2H3,(H,20,22). The van der Waals surface area contributed by atoms with Gasteiger partial charge in [-0.3, -0.25) is 9.59 Å². The number of hydrogen-bond acceptors (Lipinski definition) is 2. The smallest absolute Gasteiger partial charge is 0.256 e. The zero-order valence-corrected chi connectivity index (χ0v) is 13.4. The molecule has 0 aliphatic carbocycles. The molecular weight excluding hydrogens is 302 g/mol. The van der Waals surface area contributed by atoms with Gasteiger partial charge in [0.2, 0.25) is 5.91 Å². The van der Waals surface area contributed by atoms with E-state index in [2.05, 4.69) is 5.32 Å². The van der Waals surface area contributed by atoms with Gasteiger partial charge in [0.1, 0.15) is 11.6 Å². The van der Waals surface area contributed by atoms with Crippen molar-refractivity contribution in [3.8, 4) is 0 Å². The number of nitrogens with one attached hydrogen (secondary N) is 1. The van der Waals surface area contributed by atoms with Crippen LogP contribution in [-0.2, 0) is 4.79 Å². The maximum atomic E-state index is 13.7. The minimum Gasteiger partial charge on any atom is -0.353 e. The van der Waals surface area contributed by atoms with Crippen LogP contribution in [0.5, 0.6) is 0 Å². The van der Waals surface area contributed by atoms with E-state index >= 15 is 0 Å². The summed E-state index contributed by atoms with van der Waals surface area (Å²) in [5, 5.41) is 2.97. The van der Waals surface area contributed by atoms with Crippen molar-refractivity contribution in [3.63, 3.8) is 0 Å². The minimum atomic E-state index is -0.845. The summed E-state index contributed by atoms with van der Waals surface area (Å²) >= 11 is 0. The zero-order chi connectivity index (χ0) is 17.0. The number of benzene rings is 1. The molecule has 1 fully saturated rings. The van der Waals surface area contributed by atoms with Gasteiger partial charge >= 0.3 is 0 Å². The molecule has 1 heterocycles. The van der Waals surface area contributed by atoms with Crippen LogP contribution in [0.4, 0.5) is 8.78 Å². The highest BCUT2D eigenvalue weighted by Gasteiger charge is 2.26. The molecule has 0 unspecified atom stereocenters. The SMILES string of the molecule is CC(C)CC(=O)NC1CCN(C(=O)c2ccc(F)cc2F)CC1. The lowest BCUT2D eigenvalue weighted by Crippen LogP contribution is -2.46. The van der Waals surface area contributed by atoms with Crippen LogP contribution < -0.4 is 5.32 Å². The third kappa shape index (κ3) is 4.74. The Balaban J connectivity index is 1.89. The van der Waals surface area contributed by atoms with Gasteiger partial charge in [-0.15, -0.1) is 0 Å². The van der Waals surface area contributed by atoms with Gasteiger partial charge in [0.15, 0.2) is 0 Å². The molecule has 2 amide bonds. The summed E-state index contributed by atoms with van der Waals surface area (Å²) in [6.45, 7) is 4.86. The number of rotatable bonds is 4. The number of nitrogens with zero attached hydrogens (tertiary/aromatic N) is 1. The van der Waals surface area contributed by atoms with Gasteiger partial charge in [-0.25, -0.2) is 8.78 Å². The summed E-state index contributed by atoms with van der Waals surface area (Å²) in [5.41, 5.74) is -0.117. The maximum absolute atomic E-state index is 13.7. The highest BCUT2D eigenvalue weighted by molar-refractivity contribution is 5.94. The van der Waals surface area contributed by atoms with Gasteiger partial charge < -0.3 is 10.2 Å². The molecule has 1 N–H and O–H groups in total. The summed E-state index contributed by atoms with van der Waals surface area (Å²) in [6.07, 6.45) is 1.76. The molecule has 1 aromatic carbocycles. The van der Waals surface area contributed by atoms with Gasteiger partial charge in [0.25, 0.3) is 5.91 Å². The molecule has 0 atom stereocenters. The molecule has 126 valence electrons. The van der Waals surface area contributed by atoms with E-state index in [1.165, 1.54) is 6.07 Å². The van der Waals surface area contributed by atoms with Crippen molar-refractivity contribution in [1.29, 1.82) is 0 Å². The second-order valence-electron chi connectivity index (χ2n) is 6.36. The fraction of sp³-hybridized carbons (Fsp3) is 0.529. The first-order valence-electron chi connectivity index (χ1n) is 7.90. The van der Waals surface area contributed by atoms with Crippen molar-refractivity contribution in [2.75, 3.05) is 13.1 Å². The number of halogens is 2. The first kappa shape index (κ1) is 17.4. The monoisotopic (exact) mass is 324 g/mol. The Labute approximate surface area is 134 Å². The molecule has 0 spiro atoms. The van der Waals surface area contributed by atoms with Crippen molar-refractivity contribution in [2.24, 2.45) is 5.92 Å². The first-order chi connectivity index (χ1) is 10.9. The van der Waals surface area contributed by atoms with E-state index in [9.17, 15) is 18.4 Å². The molecule has 6 heteroatoms. The van der Waals surface area contributed by atoms with Crippen molar-refractivity contribution < 1.29 is 18.4 Å². The Morgan fingerprint density at radius 2 is 1.91 bits per heavy atom. The van der Waals surface area contributed by atoms with Crippen LogP contribution in [0.3, 0.4) is 0 Å². The predicted molar refractivity (Wildman–Crippen MR) is 82.9 cm³/mol. The van der Waals surface area contributed by atoms with E-state index in [4.69, 9.17) is 0 Å². The van der Waals surface area contributed by atoms with E-state index in [-0.39, 0.29) is 17.5 Å². The lowest BCUT2D eigenvalue weighted by molar-refractivity contribution is -0.122. The number of hydrogen-bond donors (Lipinski definition) is 1. The average Bonchev–Trinajstić information content (AvgIpc) is 2.46. The first-order valence-corrected chi connectivity index (χ1v) is 7.90. The second-order valence-corrected chi connectivity index (χ2v) is 6.36. The highest BCUT2D eigenvalue weighted by atomic mass is 19.1. The summed E-state index contributed by atoms with van der Waals surface area (Å²) in [5.74, 6) is -1.66. The molecule has 4 nitrogen and oxygen atoms in total. The zero-order valence-electron chi connectivity index (χ0n) is 13.4. The molecule has 0 radical (unpaired) electrons. The average molecular weight is 324 g/mol. The summed E-state index contributed by atoms with van der Waals surface area (Å²) < 4.78 is 26.6. The number of amides is 2. The molecule has 1 saturated heterocycles. The Morgan fingerprint density at radius 3 is 2.48 bits per heavy atom. The van der Waals surface area contributed by atoms with Gasteiger partial charge in [0.05, 0.1) is 5.56 Å². The number of likely N-dealkylation sites (tertiary alicyclic amines) is 1. The molecule has 0 aromatic heterocycles. The summed E-state index contributed by atoms with van der Waals surface area (Å²) in [6, 6.07) is 3.01. The fourth-order valence-corrected chi connectivity index (χ4v) is 2.72. The van der Waals surface area contributed by atoms with E-state index in [0.29, 0.717) is 44.3 Å². The summed E-state index contributed by atoms with van der Waals surface area (Å²) in [7, 11) is 0. The molecule has 1 aliphatic rings. The Bertz CT molecular complexity index is 582. The van der Waals surface area contributed by atoms with E-state index < -0.39 is 17.5 Å². The Hall–Kier alpha value is -1.98. The number of piperidine rings is 1. The largest absolute Gasteiger partial charge is 0.353 e.